The number of amides is 1. The summed E-state index contributed by atoms with van der Waals surface area (Å²) in [5, 5.41) is 3.34. The van der Waals surface area contributed by atoms with Gasteiger partial charge in [0.2, 0.25) is 5.91 Å². The van der Waals surface area contributed by atoms with E-state index in [1.54, 1.807) is 11.9 Å². The zero-order valence-corrected chi connectivity index (χ0v) is 14.2. The third kappa shape index (κ3) is 3.80. The molecule has 0 atom stereocenters. The highest BCUT2D eigenvalue weighted by molar-refractivity contribution is 7.99. The molecule has 0 radical (unpaired) electrons. The van der Waals surface area contributed by atoms with Crippen LogP contribution in [0.15, 0.2) is 46.9 Å². The lowest BCUT2D eigenvalue weighted by molar-refractivity contribution is -0.127. The lowest BCUT2D eigenvalue weighted by atomic mass is 10.2. The number of anilines is 1. The quantitative estimate of drug-likeness (QED) is 0.569. The molecule has 0 aliphatic heterocycles. The third-order valence-corrected chi connectivity index (χ3v) is 4.99. The first kappa shape index (κ1) is 15.8. The van der Waals surface area contributed by atoms with E-state index >= 15 is 0 Å². The molecule has 3 rings (SSSR count). The number of hydrogen-bond acceptors (Lipinski definition) is 6. The summed E-state index contributed by atoms with van der Waals surface area (Å²) in [6, 6.07) is 11.8. The van der Waals surface area contributed by atoms with Crippen molar-refractivity contribution in [3.8, 4) is 0 Å². The first-order valence-corrected chi connectivity index (χ1v) is 8.91. The number of aromatic nitrogens is 2. The normalized spacial score (nSPS) is 10.8. The topological polar surface area (TPSA) is 72.1 Å². The molecule has 23 heavy (non-hydrogen) atoms. The zero-order valence-electron chi connectivity index (χ0n) is 12.6. The van der Waals surface area contributed by atoms with E-state index in [0.29, 0.717) is 23.3 Å². The minimum atomic E-state index is 0.0345. The molecule has 118 valence electrons. The smallest absolute Gasteiger partial charge is 0.233 e. The summed E-state index contributed by atoms with van der Waals surface area (Å²) in [7, 11) is 1.80. The molecule has 0 aliphatic rings. The highest BCUT2D eigenvalue weighted by Crippen LogP contribution is 2.26. The number of rotatable bonds is 5. The largest absolute Gasteiger partial charge is 0.383 e. The van der Waals surface area contributed by atoms with Gasteiger partial charge >= 0.3 is 0 Å². The summed E-state index contributed by atoms with van der Waals surface area (Å²) in [4.78, 5) is 23.5. The molecule has 1 amide bonds. The number of fused-ring (bicyclic) bond motifs is 1. The molecule has 5 nitrogen and oxygen atoms in total. The molecule has 0 saturated carbocycles. The second-order valence-electron chi connectivity index (χ2n) is 5.05. The van der Waals surface area contributed by atoms with Crippen LogP contribution in [-0.2, 0) is 11.3 Å². The number of nitrogens with zero attached hydrogens (tertiary/aromatic N) is 3. The van der Waals surface area contributed by atoms with Crippen molar-refractivity contribution in [2.45, 2.75) is 11.7 Å². The van der Waals surface area contributed by atoms with Gasteiger partial charge in [0.1, 0.15) is 10.6 Å². The van der Waals surface area contributed by atoms with Crippen molar-refractivity contribution < 1.29 is 4.79 Å². The van der Waals surface area contributed by atoms with E-state index in [4.69, 9.17) is 5.73 Å². The first-order valence-electron chi connectivity index (χ1n) is 7.05. The predicted octanol–water partition coefficient (Wildman–Crippen LogP) is 3.02. The number of carbonyl (C=O) groups is 1. The van der Waals surface area contributed by atoms with Gasteiger partial charge in [-0.15, -0.1) is 11.3 Å². The molecule has 2 heterocycles. The SMILES string of the molecule is CN(Cc1ccccc1)C(=O)CSc1nc(N)c2ccsc2n1. The molecule has 2 aromatic heterocycles. The Morgan fingerprint density at radius 1 is 1.26 bits per heavy atom. The van der Waals surface area contributed by atoms with Gasteiger partial charge in [-0.25, -0.2) is 9.97 Å². The van der Waals surface area contributed by atoms with Gasteiger partial charge in [-0.2, -0.15) is 0 Å². The Morgan fingerprint density at radius 2 is 2.04 bits per heavy atom. The van der Waals surface area contributed by atoms with E-state index in [-0.39, 0.29) is 5.91 Å². The van der Waals surface area contributed by atoms with Crippen molar-refractivity contribution in [1.29, 1.82) is 0 Å². The van der Waals surface area contributed by atoms with Crippen LogP contribution in [0.5, 0.6) is 0 Å². The van der Waals surface area contributed by atoms with Crippen LogP contribution >= 0.6 is 23.1 Å². The Labute approximate surface area is 142 Å². The molecule has 0 fully saturated rings. The van der Waals surface area contributed by atoms with Gasteiger partial charge in [-0.3, -0.25) is 4.79 Å². The maximum absolute atomic E-state index is 12.2. The van der Waals surface area contributed by atoms with E-state index in [1.807, 2.05) is 41.8 Å². The fourth-order valence-corrected chi connectivity index (χ4v) is 3.73. The number of hydrogen-bond donors (Lipinski definition) is 1. The fourth-order valence-electron chi connectivity index (χ4n) is 2.10. The number of benzene rings is 1. The second-order valence-corrected chi connectivity index (χ2v) is 6.89. The molecule has 0 aliphatic carbocycles. The van der Waals surface area contributed by atoms with Crippen molar-refractivity contribution >= 4 is 45.0 Å². The average Bonchev–Trinajstić information content (AvgIpc) is 3.02. The highest BCUT2D eigenvalue weighted by Gasteiger charge is 2.12. The standard InChI is InChI=1S/C16H16N4OS2/c1-20(9-11-5-3-2-4-6-11)13(21)10-23-16-18-14(17)12-7-8-22-15(12)19-16/h2-8H,9-10H2,1H3,(H2,17,18,19). The Bertz CT molecular complexity index is 819. The Hall–Kier alpha value is -2.12. The number of carbonyl (C=O) groups excluding carboxylic acids is 1. The molecular formula is C16H16N4OS2. The van der Waals surface area contributed by atoms with Crippen LogP contribution < -0.4 is 5.73 Å². The van der Waals surface area contributed by atoms with Crippen LogP contribution in [0.25, 0.3) is 10.2 Å². The van der Waals surface area contributed by atoms with Crippen LogP contribution in [0.1, 0.15) is 5.56 Å². The monoisotopic (exact) mass is 344 g/mol. The summed E-state index contributed by atoms with van der Waals surface area (Å²) in [6.07, 6.45) is 0. The molecule has 2 N–H and O–H groups in total. The summed E-state index contributed by atoms with van der Waals surface area (Å²) >= 11 is 2.83. The van der Waals surface area contributed by atoms with Crippen LogP contribution in [-0.4, -0.2) is 33.6 Å². The molecule has 0 spiro atoms. The van der Waals surface area contributed by atoms with E-state index in [0.717, 1.165) is 15.8 Å². The summed E-state index contributed by atoms with van der Waals surface area (Å²) < 4.78 is 0. The van der Waals surface area contributed by atoms with E-state index in [1.165, 1.54) is 23.1 Å². The average molecular weight is 344 g/mol. The lowest BCUT2D eigenvalue weighted by Gasteiger charge is -2.16. The lowest BCUT2D eigenvalue weighted by Crippen LogP contribution is -2.27. The minimum Gasteiger partial charge on any atom is -0.383 e. The van der Waals surface area contributed by atoms with Gasteiger partial charge in [-0.05, 0) is 17.0 Å². The van der Waals surface area contributed by atoms with E-state index in [9.17, 15) is 4.79 Å². The van der Waals surface area contributed by atoms with Gasteiger partial charge in [0, 0.05) is 13.6 Å². The molecule has 0 saturated heterocycles. The fraction of sp³-hybridized carbons (Fsp3) is 0.188. The van der Waals surface area contributed by atoms with Crippen LogP contribution in [0, 0.1) is 0 Å². The Morgan fingerprint density at radius 3 is 2.83 bits per heavy atom. The molecular weight excluding hydrogens is 328 g/mol. The van der Waals surface area contributed by atoms with Crippen LogP contribution in [0.2, 0.25) is 0 Å². The molecule has 0 unspecified atom stereocenters. The van der Waals surface area contributed by atoms with E-state index in [2.05, 4.69) is 9.97 Å². The van der Waals surface area contributed by atoms with Gasteiger partial charge in [0.05, 0.1) is 11.1 Å². The first-order chi connectivity index (χ1) is 11.1. The maximum Gasteiger partial charge on any atom is 0.233 e. The van der Waals surface area contributed by atoms with Crippen LogP contribution in [0.4, 0.5) is 5.82 Å². The van der Waals surface area contributed by atoms with Gasteiger partial charge in [-0.1, -0.05) is 42.1 Å². The van der Waals surface area contributed by atoms with Crippen molar-refractivity contribution in [3.05, 3.63) is 47.3 Å². The summed E-state index contributed by atoms with van der Waals surface area (Å²) in [6.45, 7) is 0.590. The molecule has 0 bridgehead atoms. The molecule has 3 aromatic rings. The van der Waals surface area contributed by atoms with Gasteiger partial charge in [0.15, 0.2) is 5.16 Å². The number of thiophene rings is 1. The summed E-state index contributed by atoms with van der Waals surface area (Å²) in [5.41, 5.74) is 7.02. The van der Waals surface area contributed by atoms with Crippen molar-refractivity contribution in [1.82, 2.24) is 14.9 Å². The van der Waals surface area contributed by atoms with Gasteiger partial charge < -0.3 is 10.6 Å². The van der Waals surface area contributed by atoms with Crippen molar-refractivity contribution in [3.63, 3.8) is 0 Å². The van der Waals surface area contributed by atoms with Crippen molar-refractivity contribution in [2.75, 3.05) is 18.5 Å². The predicted molar refractivity (Wildman–Crippen MR) is 95.5 cm³/mol. The molecule has 7 heteroatoms. The maximum atomic E-state index is 12.2. The number of nitrogens with two attached hydrogens (primary N) is 1. The van der Waals surface area contributed by atoms with Crippen molar-refractivity contribution in [2.24, 2.45) is 0 Å². The Balaban J connectivity index is 1.61. The number of thioether (sulfide) groups is 1. The molecule has 1 aromatic carbocycles. The second kappa shape index (κ2) is 6.97. The summed E-state index contributed by atoms with van der Waals surface area (Å²) in [5.74, 6) is 0.788. The minimum absolute atomic E-state index is 0.0345. The van der Waals surface area contributed by atoms with Gasteiger partial charge in [0.25, 0.3) is 0 Å². The van der Waals surface area contributed by atoms with Crippen LogP contribution in [0.3, 0.4) is 0 Å². The zero-order chi connectivity index (χ0) is 16.2. The number of nitrogen functional groups attached to an aromatic ring is 1. The Kier molecular flexibility index (Phi) is 4.78. The van der Waals surface area contributed by atoms with E-state index < -0.39 is 0 Å². The third-order valence-electron chi connectivity index (χ3n) is 3.35. The highest BCUT2D eigenvalue weighted by atomic mass is 32.2.